The van der Waals surface area contributed by atoms with Crippen molar-refractivity contribution in [3.05, 3.63) is 35.9 Å². The van der Waals surface area contributed by atoms with Crippen LogP contribution in [0.25, 0.3) is 5.69 Å². The zero-order valence-corrected chi connectivity index (χ0v) is 14.8. The summed E-state index contributed by atoms with van der Waals surface area (Å²) in [5, 5.41) is 4.66. The number of amides is 1. The van der Waals surface area contributed by atoms with Crippen LogP contribution in [0.1, 0.15) is 19.8 Å². The van der Waals surface area contributed by atoms with Crippen molar-refractivity contribution in [1.29, 1.82) is 0 Å². The second-order valence-electron chi connectivity index (χ2n) is 5.72. The molecule has 122 valence electrons. The van der Waals surface area contributed by atoms with E-state index in [9.17, 15) is 4.79 Å². The minimum Gasteiger partial charge on any atom is -0.308 e. The fourth-order valence-electron chi connectivity index (χ4n) is 2.70. The Balaban J connectivity index is 1.90. The molecular weight excluding hydrogens is 332 g/mol. The number of hydrogen-bond acceptors (Lipinski definition) is 4. The maximum Gasteiger partial charge on any atom is 0.234 e. The first kappa shape index (κ1) is 16.3. The lowest BCUT2D eigenvalue weighted by atomic mass is 10.1. The topological polar surface area (TPSA) is 51.0 Å². The van der Waals surface area contributed by atoms with Crippen molar-refractivity contribution < 1.29 is 4.79 Å². The second-order valence-corrected chi connectivity index (χ2v) is 6.95. The van der Waals surface area contributed by atoms with Crippen molar-refractivity contribution in [1.82, 2.24) is 14.8 Å². The summed E-state index contributed by atoms with van der Waals surface area (Å²) >= 11 is 8.03. The molecule has 2 aromatic heterocycles. The van der Waals surface area contributed by atoms with Gasteiger partial charge in [-0.1, -0.05) is 11.6 Å². The number of hydrogen-bond donors (Lipinski definition) is 0. The number of thioether (sulfide) groups is 1. The van der Waals surface area contributed by atoms with Crippen LogP contribution in [-0.4, -0.2) is 39.2 Å². The molecule has 23 heavy (non-hydrogen) atoms. The lowest BCUT2D eigenvalue weighted by Crippen LogP contribution is -2.38. The number of aromatic nitrogens is 3. The monoisotopic (exact) mass is 350 g/mol. The van der Waals surface area contributed by atoms with Crippen molar-refractivity contribution in [2.75, 3.05) is 23.5 Å². The normalized spacial score (nSPS) is 15.4. The highest BCUT2D eigenvalue weighted by atomic mass is 35.5. The maximum absolute atomic E-state index is 13.0. The molecular formula is C16H19ClN4OS. The van der Waals surface area contributed by atoms with Gasteiger partial charge in [0, 0.05) is 18.5 Å². The SMILES string of the molecule is CCN(C(=O)C1(CSC)CC1)c1cn(-c2cccnc2)nc1Cl. The highest BCUT2D eigenvalue weighted by Crippen LogP contribution is 2.50. The standard InChI is InChI=1S/C16H19ClN4OS/c1-3-20(15(22)16(6-7-16)11-23-2)13-10-21(19-14(13)17)12-5-4-8-18-9-12/h4-5,8-10H,3,6-7,11H2,1-2H3. The molecule has 0 spiro atoms. The maximum atomic E-state index is 13.0. The van der Waals surface area contributed by atoms with Crippen molar-refractivity contribution in [3.8, 4) is 5.69 Å². The summed E-state index contributed by atoms with van der Waals surface area (Å²) in [4.78, 5) is 18.8. The Labute approximate surface area is 145 Å². The van der Waals surface area contributed by atoms with Gasteiger partial charge in [-0.25, -0.2) is 4.68 Å². The van der Waals surface area contributed by atoms with E-state index < -0.39 is 0 Å². The molecule has 2 aromatic rings. The molecule has 0 atom stereocenters. The van der Waals surface area contributed by atoms with Crippen LogP contribution < -0.4 is 4.90 Å². The minimum absolute atomic E-state index is 0.155. The van der Waals surface area contributed by atoms with E-state index in [1.807, 2.05) is 25.3 Å². The van der Waals surface area contributed by atoms with Crippen LogP contribution in [0.2, 0.25) is 5.15 Å². The molecule has 2 heterocycles. The number of anilines is 1. The van der Waals surface area contributed by atoms with E-state index in [0.29, 0.717) is 17.4 Å². The quantitative estimate of drug-likeness (QED) is 0.801. The smallest absolute Gasteiger partial charge is 0.234 e. The lowest BCUT2D eigenvalue weighted by molar-refractivity contribution is -0.122. The van der Waals surface area contributed by atoms with Crippen LogP contribution in [0.4, 0.5) is 5.69 Å². The molecule has 0 aliphatic heterocycles. The first-order valence-corrected chi connectivity index (χ1v) is 9.35. The fourth-order valence-corrected chi connectivity index (χ4v) is 3.90. The number of pyridine rings is 1. The molecule has 0 radical (unpaired) electrons. The molecule has 0 aromatic carbocycles. The second kappa shape index (κ2) is 6.53. The largest absolute Gasteiger partial charge is 0.308 e. The predicted octanol–water partition coefficient (Wildman–Crippen LogP) is 3.42. The van der Waals surface area contributed by atoms with Gasteiger partial charge in [-0.3, -0.25) is 9.78 Å². The molecule has 0 N–H and O–H groups in total. The van der Waals surface area contributed by atoms with Crippen LogP contribution in [0.5, 0.6) is 0 Å². The van der Waals surface area contributed by atoms with Gasteiger partial charge in [-0.2, -0.15) is 16.9 Å². The van der Waals surface area contributed by atoms with Gasteiger partial charge in [0.25, 0.3) is 0 Å². The summed E-state index contributed by atoms with van der Waals surface area (Å²) in [6, 6.07) is 3.74. The molecule has 0 bridgehead atoms. The third-order valence-corrected chi connectivity index (χ3v) is 5.25. The third-order valence-electron chi connectivity index (χ3n) is 4.14. The Morgan fingerprint density at radius 2 is 2.30 bits per heavy atom. The van der Waals surface area contributed by atoms with Crippen LogP contribution in [0, 0.1) is 5.41 Å². The van der Waals surface area contributed by atoms with Gasteiger partial charge >= 0.3 is 0 Å². The van der Waals surface area contributed by atoms with Gasteiger partial charge in [-0.05, 0) is 38.2 Å². The highest BCUT2D eigenvalue weighted by Gasteiger charge is 2.51. The first-order chi connectivity index (χ1) is 11.1. The van der Waals surface area contributed by atoms with E-state index in [4.69, 9.17) is 11.6 Å². The molecule has 1 fully saturated rings. The minimum atomic E-state index is -0.213. The number of halogens is 1. The Bertz CT molecular complexity index is 699. The summed E-state index contributed by atoms with van der Waals surface area (Å²) in [7, 11) is 0. The van der Waals surface area contributed by atoms with Crippen LogP contribution >= 0.6 is 23.4 Å². The average molecular weight is 351 g/mol. The zero-order chi connectivity index (χ0) is 16.4. The van der Waals surface area contributed by atoms with Crippen molar-refractivity contribution in [3.63, 3.8) is 0 Å². The summed E-state index contributed by atoms with van der Waals surface area (Å²) in [6.07, 6.45) is 9.17. The summed E-state index contributed by atoms with van der Waals surface area (Å²) < 4.78 is 1.66. The van der Waals surface area contributed by atoms with Gasteiger partial charge in [0.1, 0.15) is 5.69 Å². The number of rotatable bonds is 6. The number of carbonyl (C=O) groups is 1. The Kier molecular flexibility index (Phi) is 4.64. The molecule has 1 aliphatic carbocycles. The number of carbonyl (C=O) groups excluding carboxylic acids is 1. The van der Waals surface area contributed by atoms with Gasteiger partial charge < -0.3 is 4.90 Å². The molecule has 3 rings (SSSR count). The van der Waals surface area contributed by atoms with Crippen LogP contribution in [0.3, 0.4) is 0 Å². The van der Waals surface area contributed by atoms with E-state index in [1.165, 1.54) is 0 Å². The predicted molar refractivity (Wildman–Crippen MR) is 94.4 cm³/mol. The van der Waals surface area contributed by atoms with Crippen molar-refractivity contribution in [2.24, 2.45) is 5.41 Å². The summed E-state index contributed by atoms with van der Waals surface area (Å²) in [5.41, 5.74) is 1.26. The van der Waals surface area contributed by atoms with Crippen LogP contribution in [-0.2, 0) is 4.79 Å². The Hall–Kier alpha value is -1.53. The molecule has 1 aliphatic rings. The first-order valence-electron chi connectivity index (χ1n) is 7.58. The summed E-state index contributed by atoms with van der Waals surface area (Å²) in [5.74, 6) is 1.01. The Morgan fingerprint density at radius 3 is 2.87 bits per heavy atom. The summed E-state index contributed by atoms with van der Waals surface area (Å²) in [6.45, 7) is 2.54. The molecule has 0 saturated heterocycles. The molecule has 0 unspecified atom stereocenters. The average Bonchev–Trinajstić information content (AvgIpc) is 3.26. The highest BCUT2D eigenvalue weighted by molar-refractivity contribution is 7.98. The van der Waals surface area contributed by atoms with E-state index >= 15 is 0 Å². The van der Waals surface area contributed by atoms with Gasteiger partial charge in [0.05, 0.1) is 23.5 Å². The van der Waals surface area contributed by atoms with E-state index in [1.54, 1.807) is 39.9 Å². The van der Waals surface area contributed by atoms with Gasteiger partial charge in [-0.15, -0.1) is 0 Å². The van der Waals surface area contributed by atoms with Crippen molar-refractivity contribution >= 4 is 35.0 Å². The van der Waals surface area contributed by atoms with Crippen molar-refractivity contribution in [2.45, 2.75) is 19.8 Å². The van der Waals surface area contributed by atoms with Gasteiger partial charge in [0.15, 0.2) is 5.15 Å². The molecule has 5 nitrogen and oxygen atoms in total. The fraction of sp³-hybridized carbons (Fsp3) is 0.438. The zero-order valence-electron chi connectivity index (χ0n) is 13.2. The molecule has 1 saturated carbocycles. The third kappa shape index (κ3) is 3.10. The van der Waals surface area contributed by atoms with E-state index in [-0.39, 0.29) is 11.3 Å². The van der Waals surface area contributed by atoms with Gasteiger partial charge in [0.2, 0.25) is 5.91 Å². The van der Waals surface area contributed by atoms with Crippen LogP contribution in [0.15, 0.2) is 30.7 Å². The molecule has 7 heteroatoms. The molecule has 1 amide bonds. The Morgan fingerprint density at radius 1 is 1.52 bits per heavy atom. The number of nitrogens with zero attached hydrogens (tertiary/aromatic N) is 4. The van der Waals surface area contributed by atoms with E-state index in [2.05, 4.69) is 10.1 Å². The lowest BCUT2D eigenvalue weighted by Gasteiger charge is -2.24. The van der Waals surface area contributed by atoms with E-state index in [0.717, 1.165) is 24.3 Å².